The third-order valence-corrected chi connectivity index (χ3v) is 3.67. The lowest BCUT2D eigenvalue weighted by Gasteiger charge is -2.20. The number of phenols is 1. The van der Waals surface area contributed by atoms with Crippen LogP contribution in [0.1, 0.15) is 11.1 Å². The number of hydrogen-bond acceptors (Lipinski definition) is 4. The summed E-state index contributed by atoms with van der Waals surface area (Å²) in [5, 5.41) is 12.5. The number of carbonyl (C=O) groups excluding carboxylic acids is 1. The molecule has 7 heteroatoms. The van der Waals surface area contributed by atoms with Crippen molar-refractivity contribution in [3.05, 3.63) is 52.3 Å². The number of halogens is 2. The van der Waals surface area contributed by atoms with Crippen molar-refractivity contribution in [1.82, 2.24) is 0 Å². The Hall–Kier alpha value is -2.31. The molecule has 3 rings (SSSR count). The number of carbonyl (C=O) groups is 1. The Labute approximate surface area is 136 Å². The van der Waals surface area contributed by atoms with Gasteiger partial charge in [-0.3, -0.25) is 4.79 Å². The van der Waals surface area contributed by atoms with Crippen LogP contribution in [0.15, 0.2) is 30.3 Å². The fraction of sp³-hybridized carbons (Fsp3) is 0.188. The van der Waals surface area contributed by atoms with E-state index in [0.29, 0.717) is 16.9 Å². The predicted molar refractivity (Wildman–Crippen MR) is 82.1 cm³/mol. The number of ether oxygens (including phenoxy) is 2. The van der Waals surface area contributed by atoms with Gasteiger partial charge in [0.25, 0.3) is 0 Å². The molecule has 0 aliphatic carbocycles. The largest absolute Gasteiger partial charge is 0.504 e. The summed E-state index contributed by atoms with van der Waals surface area (Å²) in [5.41, 5.74) is 1.17. The molecule has 0 spiro atoms. The third-order valence-electron chi connectivity index (χ3n) is 3.36. The normalized spacial score (nSPS) is 13.1. The second-order valence-corrected chi connectivity index (χ2v) is 5.43. The molecule has 0 radical (unpaired) electrons. The van der Waals surface area contributed by atoms with Gasteiger partial charge in [0, 0.05) is 11.1 Å². The van der Waals surface area contributed by atoms with Crippen LogP contribution >= 0.6 is 11.6 Å². The minimum absolute atomic E-state index is 0.0579. The Balaban J connectivity index is 1.81. The van der Waals surface area contributed by atoms with Crippen LogP contribution in [0.2, 0.25) is 5.02 Å². The standard InChI is InChI=1S/C16H13ClFNO4/c17-12-2-1-3-13(15(12)21)19-14(20)6-9-4-11(18)5-10-7-22-8-23-16(9)10/h1-5,21H,6-8H2,(H,19,20). The monoisotopic (exact) mass is 337 g/mol. The maximum absolute atomic E-state index is 13.6. The number of para-hydroxylation sites is 1. The molecule has 120 valence electrons. The second-order valence-electron chi connectivity index (χ2n) is 5.02. The van der Waals surface area contributed by atoms with Crippen LogP contribution in [0.25, 0.3) is 0 Å². The topological polar surface area (TPSA) is 67.8 Å². The van der Waals surface area contributed by atoms with Crippen LogP contribution < -0.4 is 10.1 Å². The van der Waals surface area contributed by atoms with Crippen molar-refractivity contribution >= 4 is 23.2 Å². The molecular weight excluding hydrogens is 325 g/mol. The Morgan fingerprint density at radius 3 is 3.04 bits per heavy atom. The highest BCUT2D eigenvalue weighted by molar-refractivity contribution is 6.32. The number of amides is 1. The highest BCUT2D eigenvalue weighted by Crippen LogP contribution is 2.32. The zero-order valence-corrected chi connectivity index (χ0v) is 12.7. The minimum Gasteiger partial charge on any atom is -0.504 e. The Morgan fingerprint density at radius 2 is 2.22 bits per heavy atom. The summed E-state index contributed by atoms with van der Waals surface area (Å²) in [4.78, 5) is 12.2. The van der Waals surface area contributed by atoms with Gasteiger partial charge in [0.1, 0.15) is 11.6 Å². The number of fused-ring (bicyclic) bond motifs is 1. The van der Waals surface area contributed by atoms with Gasteiger partial charge in [-0.25, -0.2) is 4.39 Å². The van der Waals surface area contributed by atoms with Gasteiger partial charge in [0.15, 0.2) is 12.5 Å². The molecular formula is C16H13ClFNO4. The number of benzene rings is 2. The van der Waals surface area contributed by atoms with Gasteiger partial charge >= 0.3 is 0 Å². The van der Waals surface area contributed by atoms with Gasteiger partial charge in [-0.1, -0.05) is 17.7 Å². The minimum atomic E-state index is -0.466. The lowest BCUT2D eigenvalue weighted by molar-refractivity contribution is -0.115. The average molecular weight is 338 g/mol. The Morgan fingerprint density at radius 1 is 1.39 bits per heavy atom. The van der Waals surface area contributed by atoms with E-state index in [1.54, 1.807) is 6.07 Å². The summed E-state index contributed by atoms with van der Waals surface area (Å²) in [6.07, 6.45) is -0.105. The van der Waals surface area contributed by atoms with E-state index in [2.05, 4.69) is 5.32 Å². The van der Waals surface area contributed by atoms with Crippen molar-refractivity contribution in [1.29, 1.82) is 0 Å². The second kappa shape index (κ2) is 6.44. The van der Waals surface area contributed by atoms with Crippen LogP contribution in [0.3, 0.4) is 0 Å². The molecule has 0 atom stereocenters. The molecule has 0 bridgehead atoms. The number of rotatable bonds is 3. The molecule has 0 aromatic heterocycles. The number of nitrogens with one attached hydrogen (secondary N) is 1. The Bertz CT molecular complexity index is 766. The van der Waals surface area contributed by atoms with Crippen LogP contribution in [0.4, 0.5) is 10.1 Å². The molecule has 1 amide bonds. The molecule has 23 heavy (non-hydrogen) atoms. The van der Waals surface area contributed by atoms with Crippen molar-refractivity contribution in [2.75, 3.05) is 12.1 Å². The quantitative estimate of drug-likeness (QED) is 0.844. The predicted octanol–water partition coefficient (Wildman–Crippen LogP) is 3.23. The summed E-state index contributed by atoms with van der Waals surface area (Å²) in [7, 11) is 0. The Kier molecular flexibility index (Phi) is 4.36. The van der Waals surface area contributed by atoms with E-state index in [1.807, 2.05) is 0 Å². The summed E-state index contributed by atoms with van der Waals surface area (Å²) in [6.45, 7) is 0.291. The van der Waals surface area contributed by atoms with E-state index in [9.17, 15) is 14.3 Å². The van der Waals surface area contributed by atoms with Crippen molar-refractivity contribution in [2.24, 2.45) is 0 Å². The van der Waals surface area contributed by atoms with Crippen LogP contribution in [0, 0.1) is 5.82 Å². The highest BCUT2D eigenvalue weighted by Gasteiger charge is 2.19. The number of hydrogen-bond donors (Lipinski definition) is 2. The fourth-order valence-corrected chi connectivity index (χ4v) is 2.55. The summed E-state index contributed by atoms with van der Waals surface area (Å²) < 4.78 is 24.1. The summed E-state index contributed by atoms with van der Waals surface area (Å²) >= 11 is 5.79. The van der Waals surface area contributed by atoms with Crippen molar-refractivity contribution < 1.29 is 23.8 Å². The van der Waals surface area contributed by atoms with E-state index >= 15 is 0 Å². The smallest absolute Gasteiger partial charge is 0.229 e. The molecule has 0 saturated heterocycles. The molecule has 5 nitrogen and oxygen atoms in total. The van der Waals surface area contributed by atoms with E-state index in [0.717, 1.165) is 0 Å². The van der Waals surface area contributed by atoms with E-state index in [-0.39, 0.29) is 36.3 Å². The van der Waals surface area contributed by atoms with Gasteiger partial charge in [-0.2, -0.15) is 0 Å². The van der Waals surface area contributed by atoms with E-state index in [1.165, 1.54) is 24.3 Å². The molecule has 1 heterocycles. The first kappa shape index (κ1) is 15.6. The first-order valence-electron chi connectivity index (χ1n) is 6.84. The number of phenolic OH excluding ortho intramolecular Hbond substituents is 1. The van der Waals surface area contributed by atoms with E-state index in [4.69, 9.17) is 21.1 Å². The average Bonchev–Trinajstić information content (AvgIpc) is 2.51. The van der Waals surface area contributed by atoms with Gasteiger partial charge in [-0.15, -0.1) is 0 Å². The molecule has 0 unspecified atom stereocenters. The molecule has 2 aromatic carbocycles. The summed E-state index contributed by atoms with van der Waals surface area (Å²) in [6, 6.07) is 7.19. The molecule has 0 saturated carbocycles. The summed E-state index contributed by atoms with van der Waals surface area (Å²) in [5.74, 6) is -0.645. The molecule has 1 aliphatic heterocycles. The number of aromatic hydroxyl groups is 1. The lowest BCUT2D eigenvalue weighted by Crippen LogP contribution is -2.18. The first-order chi connectivity index (χ1) is 11.0. The van der Waals surface area contributed by atoms with Gasteiger partial charge < -0.3 is 19.9 Å². The van der Waals surface area contributed by atoms with Crippen LogP contribution in [0.5, 0.6) is 11.5 Å². The highest BCUT2D eigenvalue weighted by atomic mass is 35.5. The zero-order chi connectivity index (χ0) is 16.4. The first-order valence-corrected chi connectivity index (χ1v) is 7.21. The molecule has 2 aromatic rings. The van der Waals surface area contributed by atoms with Crippen molar-refractivity contribution in [2.45, 2.75) is 13.0 Å². The van der Waals surface area contributed by atoms with Crippen LogP contribution in [-0.4, -0.2) is 17.8 Å². The number of anilines is 1. The third kappa shape index (κ3) is 3.38. The van der Waals surface area contributed by atoms with Gasteiger partial charge in [0.2, 0.25) is 5.91 Å². The maximum atomic E-state index is 13.6. The van der Waals surface area contributed by atoms with Crippen molar-refractivity contribution in [3.63, 3.8) is 0 Å². The maximum Gasteiger partial charge on any atom is 0.229 e. The van der Waals surface area contributed by atoms with Crippen LogP contribution in [-0.2, 0) is 22.6 Å². The van der Waals surface area contributed by atoms with Gasteiger partial charge in [-0.05, 0) is 24.3 Å². The molecule has 0 fully saturated rings. The molecule has 2 N–H and O–H groups in total. The van der Waals surface area contributed by atoms with Gasteiger partial charge in [0.05, 0.1) is 23.7 Å². The zero-order valence-electron chi connectivity index (χ0n) is 11.9. The van der Waals surface area contributed by atoms with Crippen molar-refractivity contribution in [3.8, 4) is 11.5 Å². The lowest BCUT2D eigenvalue weighted by atomic mass is 10.0. The SMILES string of the molecule is O=C(Cc1cc(F)cc2c1OCOC2)Nc1cccc(Cl)c1O. The fourth-order valence-electron chi connectivity index (χ4n) is 2.37. The van der Waals surface area contributed by atoms with E-state index < -0.39 is 11.7 Å². The molecule has 1 aliphatic rings.